The molecule has 5 heteroatoms. The van der Waals surface area contributed by atoms with Gasteiger partial charge in [0, 0.05) is 22.9 Å². The number of nitrogens with zero attached hydrogens (tertiary/aromatic N) is 2. The number of likely N-dealkylation sites (N-methyl/N-ethyl adjacent to an activating group) is 1. The molecule has 2 N–H and O–H groups in total. The first-order valence-electron chi connectivity index (χ1n) is 6.25. The molecular formula is C15H14BrN3O. The van der Waals surface area contributed by atoms with Gasteiger partial charge in [0.2, 0.25) is 0 Å². The van der Waals surface area contributed by atoms with Crippen molar-refractivity contribution >= 4 is 44.6 Å². The Morgan fingerprint density at radius 3 is 2.50 bits per heavy atom. The lowest BCUT2D eigenvalue weighted by atomic mass is 10.1. The molecule has 1 aliphatic rings. The molecule has 3 rings (SSSR count). The lowest BCUT2D eigenvalue weighted by molar-refractivity contribution is -0.116. The summed E-state index contributed by atoms with van der Waals surface area (Å²) in [4.78, 5) is 16.1. The summed E-state index contributed by atoms with van der Waals surface area (Å²) in [7, 11) is 1.92. The number of halogens is 1. The van der Waals surface area contributed by atoms with Gasteiger partial charge in [-0.15, -0.1) is 0 Å². The van der Waals surface area contributed by atoms with Crippen LogP contribution < -0.4 is 15.5 Å². The van der Waals surface area contributed by atoms with Gasteiger partial charge in [-0.25, -0.2) is 0 Å². The van der Waals surface area contributed by atoms with Crippen LogP contribution in [-0.2, 0) is 4.79 Å². The van der Waals surface area contributed by atoms with Crippen molar-refractivity contribution in [1.82, 2.24) is 0 Å². The van der Waals surface area contributed by atoms with Crippen LogP contribution >= 0.6 is 15.9 Å². The van der Waals surface area contributed by atoms with E-state index < -0.39 is 0 Å². The summed E-state index contributed by atoms with van der Waals surface area (Å²) in [6.07, 6.45) is 0. The largest absolute Gasteiger partial charge is 0.399 e. The van der Waals surface area contributed by atoms with Crippen LogP contribution in [0.1, 0.15) is 0 Å². The van der Waals surface area contributed by atoms with Crippen LogP contribution in [0.15, 0.2) is 46.9 Å². The number of hydrogen-bond donors (Lipinski definition) is 1. The fraction of sp³-hybridized carbons (Fsp3) is 0.133. The fourth-order valence-electron chi connectivity index (χ4n) is 2.39. The lowest BCUT2D eigenvalue weighted by Gasteiger charge is -2.35. The van der Waals surface area contributed by atoms with Crippen molar-refractivity contribution in [1.29, 1.82) is 0 Å². The van der Waals surface area contributed by atoms with Gasteiger partial charge in [0.25, 0.3) is 5.91 Å². The van der Waals surface area contributed by atoms with E-state index in [4.69, 9.17) is 5.73 Å². The molecule has 0 atom stereocenters. The molecule has 0 fully saturated rings. The number of amides is 1. The van der Waals surface area contributed by atoms with Crippen molar-refractivity contribution < 1.29 is 4.79 Å². The van der Waals surface area contributed by atoms with Crippen molar-refractivity contribution in [2.45, 2.75) is 0 Å². The molecule has 4 nitrogen and oxygen atoms in total. The van der Waals surface area contributed by atoms with E-state index in [1.54, 1.807) is 17.0 Å². The van der Waals surface area contributed by atoms with Crippen molar-refractivity contribution in [2.75, 3.05) is 29.1 Å². The number of carbonyl (C=O) groups is 1. The second-order valence-electron chi connectivity index (χ2n) is 4.81. The van der Waals surface area contributed by atoms with Crippen LogP contribution in [0.5, 0.6) is 0 Å². The number of anilines is 4. The Labute approximate surface area is 125 Å². The summed E-state index contributed by atoms with van der Waals surface area (Å²) >= 11 is 3.47. The quantitative estimate of drug-likeness (QED) is 0.816. The summed E-state index contributed by atoms with van der Waals surface area (Å²) in [5, 5.41) is 0. The van der Waals surface area contributed by atoms with Gasteiger partial charge in [0.1, 0.15) is 0 Å². The average Bonchev–Trinajstić information content (AvgIpc) is 2.41. The highest BCUT2D eigenvalue weighted by Crippen LogP contribution is 2.39. The van der Waals surface area contributed by atoms with Gasteiger partial charge >= 0.3 is 0 Å². The summed E-state index contributed by atoms with van der Waals surface area (Å²) in [6.45, 7) is 0.355. The average molecular weight is 332 g/mol. The van der Waals surface area contributed by atoms with Gasteiger partial charge in [0.05, 0.1) is 17.9 Å². The number of benzene rings is 2. The Bertz CT molecular complexity index is 669. The molecule has 0 saturated carbocycles. The molecule has 20 heavy (non-hydrogen) atoms. The smallest absolute Gasteiger partial charge is 0.251 e. The van der Waals surface area contributed by atoms with Crippen molar-refractivity contribution in [3.05, 3.63) is 46.9 Å². The van der Waals surface area contributed by atoms with Crippen LogP contribution in [0, 0.1) is 0 Å². The third kappa shape index (κ3) is 2.14. The van der Waals surface area contributed by atoms with Crippen LogP contribution in [-0.4, -0.2) is 19.5 Å². The third-order valence-corrected chi connectivity index (χ3v) is 3.86. The molecule has 0 spiro atoms. The minimum Gasteiger partial charge on any atom is -0.399 e. The van der Waals surface area contributed by atoms with Gasteiger partial charge in [0.15, 0.2) is 0 Å². The highest BCUT2D eigenvalue weighted by molar-refractivity contribution is 9.10. The van der Waals surface area contributed by atoms with E-state index in [9.17, 15) is 4.79 Å². The molecule has 1 aliphatic heterocycles. The first kappa shape index (κ1) is 13.0. The molecule has 0 aliphatic carbocycles. The van der Waals surface area contributed by atoms with E-state index in [1.807, 2.05) is 42.3 Å². The SMILES string of the molecule is CN1CC(=O)N(c2ccc(N)cc2)c2ccc(Br)cc21. The summed E-state index contributed by atoms with van der Waals surface area (Å²) in [6, 6.07) is 13.2. The molecule has 2 aromatic carbocycles. The van der Waals surface area contributed by atoms with E-state index in [1.165, 1.54) is 0 Å². The Hall–Kier alpha value is -2.01. The maximum absolute atomic E-state index is 12.4. The number of nitrogen functional groups attached to an aromatic ring is 1. The molecule has 0 aromatic heterocycles. The van der Waals surface area contributed by atoms with Crippen LogP contribution in [0.4, 0.5) is 22.7 Å². The Kier molecular flexibility index (Phi) is 3.14. The van der Waals surface area contributed by atoms with Gasteiger partial charge < -0.3 is 10.6 Å². The van der Waals surface area contributed by atoms with Crippen LogP contribution in [0.2, 0.25) is 0 Å². The van der Waals surface area contributed by atoms with Crippen molar-refractivity contribution in [3.63, 3.8) is 0 Å². The van der Waals surface area contributed by atoms with Gasteiger partial charge in [-0.05, 0) is 42.5 Å². The second-order valence-corrected chi connectivity index (χ2v) is 5.73. The molecular weight excluding hydrogens is 318 g/mol. The normalized spacial score (nSPS) is 14.4. The number of rotatable bonds is 1. The minimum atomic E-state index is 0.0482. The summed E-state index contributed by atoms with van der Waals surface area (Å²) < 4.78 is 0.995. The number of fused-ring (bicyclic) bond motifs is 1. The van der Waals surface area contributed by atoms with Crippen molar-refractivity contribution in [3.8, 4) is 0 Å². The first-order chi connectivity index (χ1) is 9.56. The van der Waals surface area contributed by atoms with E-state index in [2.05, 4.69) is 15.9 Å². The molecule has 0 saturated heterocycles. The predicted molar refractivity (Wildman–Crippen MR) is 85.4 cm³/mol. The molecule has 1 amide bonds. The lowest BCUT2D eigenvalue weighted by Crippen LogP contribution is -2.41. The number of carbonyl (C=O) groups excluding carboxylic acids is 1. The third-order valence-electron chi connectivity index (χ3n) is 3.36. The second kappa shape index (κ2) is 4.83. The number of nitrogens with two attached hydrogens (primary N) is 1. The zero-order valence-electron chi connectivity index (χ0n) is 11.0. The fourth-order valence-corrected chi connectivity index (χ4v) is 2.74. The Balaban J connectivity index is 2.14. The van der Waals surface area contributed by atoms with E-state index >= 15 is 0 Å². The highest BCUT2D eigenvalue weighted by atomic mass is 79.9. The molecule has 2 aromatic rings. The zero-order chi connectivity index (χ0) is 14.3. The molecule has 1 heterocycles. The summed E-state index contributed by atoms with van der Waals surface area (Å²) in [5.74, 6) is 0.0482. The summed E-state index contributed by atoms with van der Waals surface area (Å²) in [5.41, 5.74) is 9.14. The number of hydrogen-bond acceptors (Lipinski definition) is 3. The predicted octanol–water partition coefficient (Wildman–Crippen LogP) is 3.15. The topological polar surface area (TPSA) is 49.6 Å². The zero-order valence-corrected chi connectivity index (χ0v) is 12.6. The molecule has 0 unspecified atom stereocenters. The Morgan fingerprint density at radius 2 is 1.80 bits per heavy atom. The Morgan fingerprint density at radius 1 is 1.10 bits per heavy atom. The van der Waals surface area contributed by atoms with Crippen molar-refractivity contribution in [2.24, 2.45) is 0 Å². The van der Waals surface area contributed by atoms with E-state index in [0.29, 0.717) is 12.2 Å². The molecule has 0 bridgehead atoms. The van der Waals surface area contributed by atoms with Gasteiger partial charge in [-0.2, -0.15) is 0 Å². The first-order valence-corrected chi connectivity index (χ1v) is 7.05. The molecule has 102 valence electrons. The van der Waals surface area contributed by atoms with Crippen LogP contribution in [0.3, 0.4) is 0 Å². The van der Waals surface area contributed by atoms with E-state index in [0.717, 1.165) is 21.5 Å². The monoisotopic (exact) mass is 331 g/mol. The van der Waals surface area contributed by atoms with Gasteiger partial charge in [-0.3, -0.25) is 9.69 Å². The highest BCUT2D eigenvalue weighted by Gasteiger charge is 2.28. The maximum Gasteiger partial charge on any atom is 0.251 e. The molecule has 0 radical (unpaired) electrons. The minimum absolute atomic E-state index is 0.0482. The van der Waals surface area contributed by atoms with Gasteiger partial charge in [-0.1, -0.05) is 15.9 Å². The standard InChI is InChI=1S/C15H14BrN3O/c1-18-9-15(20)19(12-5-3-11(17)4-6-12)13-7-2-10(16)8-14(13)18/h2-8H,9,17H2,1H3. The maximum atomic E-state index is 12.4. The van der Waals surface area contributed by atoms with Crippen LogP contribution in [0.25, 0.3) is 0 Å². The van der Waals surface area contributed by atoms with E-state index in [-0.39, 0.29) is 5.91 Å².